The smallest absolute Gasteiger partial charge is 0.126 e. The van der Waals surface area contributed by atoms with E-state index < -0.39 is 11.6 Å². The van der Waals surface area contributed by atoms with Gasteiger partial charge in [0.15, 0.2) is 0 Å². The van der Waals surface area contributed by atoms with E-state index >= 15 is 0 Å². The molecule has 0 bridgehead atoms. The third-order valence-electron chi connectivity index (χ3n) is 2.87. The Bertz CT molecular complexity index is 535. The van der Waals surface area contributed by atoms with Gasteiger partial charge in [0.25, 0.3) is 0 Å². The number of aromatic nitrogens is 3. The molecule has 1 unspecified atom stereocenters. The molecule has 0 aliphatic heterocycles. The molecule has 2 aromatic rings. The molecule has 1 atom stereocenters. The highest BCUT2D eigenvalue weighted by Crippen LogP contribution is 2.18. The molecule has 5 nitrogen and oxygen atoms in total. The lowest BCUT2D eigenvalue weighted by molar-refractivity contribution is 0.484. The Morgan fingerprint density at radius 3 is 2.58 bits per heavy atom. The fraction of sp³-hybridized carbons (Fsp3) is 0.333. The Hall–Kier alpha value is -1.86. The summed E-state index contributed by atoms with van der Waals surface area (Å²) in [4.78, 5) is 0. The molecule has 1 heterocycles. The first-order valence-electron chi connectivity index (χ1n) is 5.93. The third kappa shape index (κ3) is 3.12. The summed E-state index contributed by atoms with van der Waals surface area (Å²) in [6.45, 7) is 2.57. The second kappa shape index (κ2) is 5.85. The maximum atomic E-state index is 13.1. The predicted octanol–water partition coefficient (Wildman–Crippen LogP) is 1.32. The van der Waals surface area contributed by atoms with E-state index in [0.717, 1.165) is 11.8 Å². The van der Waals surface area contributed by atoms with Gasteiger partial charge < -0.3 is 0 Å². The molecular formula is C12H15F2N5. The zero-order chi connectivity index (χ0) is 13.8. The Balaban J connectivity index is 2.24. The molecule has 0 saturated carbocycles. The first kappa shape index (κ1) is 13.6. The van der Waals surface area contributed by atoms with Gasteiger partial charge in [-0.1, -0.05) is 5.21 Å². The van der Waals surface area contributed by atoms with E-state index in [2.05, 4.69) is 15.7 Å². The van der Waals surface area contributed by atoms with E-state index in [1.807, 2.05) is 6.92 Å². The zero-order valence-electron chi connectivity index (χ0n) is 10.5. The van der Waals surface area contributed by atoms with Crippen molar-refractivity contribution in [3.63, 3.8) is 0 Å². The molecule has 1 aromatic heterocycles. The molecular weight excluding hydrogens is 252 g/mol. The summed E-state index contributed by atoms with van der Waals surface area (Å²) in [5, 5.41) is 7.71. The van der Waals surface area contributed by atoms with Gasteiger partial charge in [-0.15, -0.1) is 5.10 Å². The monoisotopic (exact) mass is 267 g/mol. The first-order valence-corrected chi connectivity index (χ1v) is 5.93. The zero-order valence-corrected chi connectivity index (χ0v) is 10.5. The van der Waals surface area contributed by atoms with Crippen LogP contribution in [-0.2, 0) is 13.0 Å². The number of hydrazine groups is 1. The summed E-state index contributed by atoms with van der Waals surface area (Å²) in [5.41, 5.74) is 3.91. The highest BCUT2D eigenvalue weighted by molar-refractivity contribution is 5.20. The third-order valence-corrected chi connectivity index (χ3v) is 2.87. The van der Waals surface area contributed by atoms with Gasteiger partial charge in [-0.05, 0) is 31.0 Å². The number of benzene rings is 1. The molecule has 0 saturated heterocycles. The van der Waals surface area contributed by atoms with Gasteiger partial charge in [0.2, 0.25) is 0 Å². The summed E-state index contributed by atoms with van der Waals surface area (Å²) < 4.78 is 28.0. The normalized spacial score (nSPS) is 12.6. The van der Waals surface area contributed by atoms with Crippen molar-refractivity contribution in [1.82, 2.24) is 20.4 Å². The number of nitrogens with zero attached hydrogens (tertiary/aromatic N) is 3. The van der Waals surface area contributed by atoms with Crippen molar-refractivity contribution in [2.24, 2.45) is 5.84 Å². The second-order valence-corrected chi connectivity index (χ2v) is 4.18. The van der Waals surface area contributed by atoms with Crippen LogP contribution in [0.5, 0.6) is 0 Å². The quantitative estimate of drug-likeness (QED) is 0.633. The summed E-state index contributed by atoms with van der Waals surface area (Å²) >= 11 is 0. The summed E-state index contributed by atoms with van der Waals surface area (Å²) in [7, 11) is 0. The highest BCUT2D eigenvalue weighted by Gasteiger charge is 2.16. The van der Waals surface area contributed by atoms with Crippen LogP contribution in [-0.4, -0.2) is 15.0 Å². The van der Waals surface area contributed by atoms with Gasteiger partial charge in [0.1, 0.15) is 11.6 Å². The van der Waals surface area contributed by atoms with Crippen molar-refractivity contribution >= 4 is 0 Å². The lowest BCUT2D eigenvalue weighted by Crippen LogP contribution is -2.31. The van der Waals surface area contributed by atoms with E-state index in [1.165, 1.54) is 12.1 Å². The second-order valence-electron chi connectivity index (χ2n) is 4.18. The number of halogens is 2. The van der Waals surface area contributed by atoms with Gasteiger partial charge in [0, 0.05) is 12.6 Å². The van der Waals surface area contributed by atoms with Crippen LogP contribution in [0.15, 0.2) is 24.4 Å². The minimum absolute atomic E-state index is 0.309. The van der Waals surface area contributed by atoms with E-state index in [1.54, 1.807) is 10.9 Å². The fourth-order valence-electron chi connectivity index (χ4n) is 1.99. The average molecular weight is 267 g/mol. The van der Waals surface area contributed by atoms with Crippen LogP contribution in [0.1, 0.15) is 24.2 Å². The largest absolute Gasteiger partial charge is 0.271 e. The Labute approximate surface area is 109 Å². The van der Waals surface area contributed by atoms with Crippen LogP contribution in [0.3, 0.4) is 0 Å². The summed E-state index contributed by atoms with van der Waals surface area (Å²) in [6, 6.07) is 3.10. The Kier molecular flexibility index (Phi) is 4.18. The van der Waals surface area contributed by atoms with Crippen molar-refractivity contribution in [3.8, 4) is 0 Å². The maximum Gasteiger partial charge on any atom is 0.126 e. The number of hydrogen-bond donors (Lipinski definition) is 2. The molecule has 0 radical (unpaired) electrons. The molecule has 2 rings (SSSR count). The maximum absolute atomic E-state index is 13.1. The van der Waals surface area contributed by atoms with Gasteiger partial charge in [-0.2, -0.15) is 0 Å². The topological polar surface area (TPSA) is 68.8 Å². The van der Waals surface area contributed by atoms with E-state index in [9.17, 15) is 8.78 Å². The van der Waals surface area contributed by atoms with Gasteiger partial charge in [-0.3, -0.25) is 11.3 Å². The van der Waals surface area contributed by atoms with Crippen molar-refractivity contribution in [2.75, 3.05) is 0 Å². The average Bonchev–Trinajstić information content (AvgIpc) is 2.82. The standard InChI is InChI=1S/C12H15F2N5/c1-2-19-12(7-16-18-19)11(17-15)5-8-3-9(13)6-10(14)4-8/h3-4,6-7,11,17H,2,5,15H2,1H3. The van der Waals surface area contributed by atoms with Crippen LogP contribution < -0.4 is 11.3 Å². The lowest BCUT2D eigenvalue weighted by atomic mass is 10.0. The van der Waals surface area contributed by atoms with E-state index in [-0.39, 0.29) is 6.04 Å². The lowest BCUT2D eigenvalue weighted by Gasteiger charge is -2.16. The molecule has 0 amide bonds. The number of rotatable bonds is 5. The van der Waals surface area contributed by atoms with E-state index in [4.69, 9.17) is 5.84 Å². The fourth-order valence-corrected chi connectivity index (χ4v) is 1.99. The van der Waals surface area contributed by atoms with Crippen molar-refractivity contribution in [3.05, 3.63) is 47.3 Å². The molecule has 1 aromatic carbocycles. The van der Waals surface area contributed by atoms with Crippen molar-refractivity contribution in [2.45, 2.75) is 25.9 Å². The molecule has 19 heavy (non-hydrogen) atoms. The first-order chi connectivity index (χ1) is 9.13. The minimum Gasteiger partial charge on any atom is -0.271 e. The predicted molar refractivity (Wildman–Crippen MR) is 65.8 cm³/mol. The summed E-state index contributed by atoms with van der Waals surface area (Å²) in [5.74, 6) is 4.30. The van der Waals surface area contributed by atoms with Gasteiger partial charge in [0.05, 0.1) is 17.9 Å². The minimum atomic E-state index is -0.604. The molecule has 3 N–H and O–H groups in total. The molecule has 0 fully saturated rings. The van der Waals surface area contributed by atoms with Gasteiger partial charge >= 0.3 is 0 Å². The van der Waals surface area contributed by atoms with Crippen molar-refractivity contribution < 1.29 is 8.78 Å². The number of hydrogen-bond acceptors (Lipinski definition) is 4. The summed E-state index contributed by atoms with van der Waals surface area (Å²) in [6.07, 6.45) is 1.93. The van der Waals surface area contributed by atoms with Crippen LogP contribution in [0.4, 0.5) is 8.78 Å². The molecule has 0 spiro atoms. The van der Waals surface area contributed by atoms with E-state index in [0.29, 0.717) is 18.5 Å². The van der Waals surface area contributed by atoms with Gasteiger partial charge in [-0.25, -0.2) is 13.5 Å². The highest BCUT2D eigenvalue weighted by atomic mass is 19.1. The van der Waals surface area contributed by atoms with Crippen LogP contribution in [0, 0.1) is 11.6 Å². The molecule has 7 heteroatoms. The molecule has 0 aliphatic rings. The number of aryl methyl sites for hydroxylation is 1. The van der Waals surface area contributed by atoms with Crippen molar-refractivity contribution in [1.29, 1.82) is 0 Å². The number of nitrogens with one attached hydrogen (secondary N) is 1. The Morgan fingerprint density at radius 2 is 2.00 bits per heavy atom. The number of nitrogens with two attached hydrogens (primary N) is 1. The molecule has 0 aliphatic carbocycles. The molecule has 102 valence electrons. The Morgan fingerprint density at radius 1 is 1.32 bits per heavy atom. The SMILES string of the molecule is CCn1nncc1C(Cc1cc(F)cc(F)c1)NN. The van der Waals surface area contributed by atoms with Crippen LogP contribution in [0.25, 0.3) is 0 Å². The van der Waals surface area contributed by atoms with Crippen LogP contribution >= 0.6 is 0 Å². The van der Waals surface area contributed by atoms with Crippen LogP contribution in [0.2, 0.25) is 0 Å².